The topological polar surface area (TPSA) is 37.4 Å². The molecule has 22 heavy (non-hydrogen) atoms. The van der Waals surface area contributed by atoms with Crippen LogP contribution in [0.5, 0.6) is 0 Å². The third kappa shape index (κ3) is 3.72. The van der Waals surface area contributed by atoms with Gasteiger partial charge in [-0.1, -0.05) is 38.1 Å². The maximum atomic E-state index is 13.3. The summed E-state index contributed by atoms with van der Waals surface area (Å²) in [6.45, 7) is 4.28. The van der Waals surface area contributed by atoms with Crippen LogP contribution in [0.3, 0.4) is 0 Å². The summed E-state index contributed by atoms with van der Waals surface area (Å²) in [5.41, 5.74) is 1.72. The molecular formula is C17H20FNO2S. The van der Waals surface area contributed by atoms with Gasteiger partial charge in [-0.05, 0) is 41.8 Å². The first kappa shape index (κ1) is 16.6. The molecule has 118 valence electrons. The number of benzene rings is 2. The van der Waals surface area contributed by atoms with Gasteiger partial charge in [0.15, 0.2) is 0 Å². The molecule has 0 heterocycles. The quantitative estimate of drug-likeness (QED) is 0.815. The molecule has 0 aromatic heterocycles. The van der Waals surface area contributed by atoms with Gasteiger partial charge in [0.1, 0.15) is 5.82 Å². The fourth-order valence-electron chi connectivity index (χ4n) is 2.25. The van der Waals surface area contributed by atoms with Gasteiger partial charge in [-0.3, -0.25) is 0 Å². The van der Waals surface area contributed by atoms with Crippen molar-refractivity contribution in [3.05, 3.63) is 65.5 Å². The molecule has 0 spiro atoms. The van der Waals surface area contributed by atoms with E-state index in [0.29, 0.717) is 12.1 Å². The van der Waals surface area contributed by atoms with Crippen molar-refractivity contribution in [2.45, 2.75) is 31.7 Å². The molecule has 0 saturated heterocycles. The highest BCUT2D eigenvalue weighted by molar-refractivity contribution is 7.89. The lowest BCUT2D eigenvalue weighted by Crippen LogP contribution is -2.30. The Balaban J connectivity index is 2.27. The van der Waals surface area contributed by atoms with Gasteiger partial charge >= 0.3 is 0 Å². The number of nitrogens with zero attached hydrogens (tertiary/aromatic N) is 1. The molecular weight excluding hydrogens is 301 g/mol. The van der Waals surface area contributed by atoms with E-state index in [1.807, 2.05) is 19.1 Å². The molecule has 0 radical (unpaired) electrons. The molecule has 0 aliphatic rings. The van der Waals surface area contributed by atoms with Crippen LogP contribution < -0.4 is 0 Å². The first-order valence-corrected chi connectivity index (χ1v) is 8.75. The summed E-state index contributed by atoms with van der Waals surface area (Å²) < 4.78 is 40.0. The van der Waals surface area contributed by atoms with Gasteiger partial charge in [0.25, 0.3) is 0 Å². The Bertz CT molecular complexity index is 727. The molecule has 2 rings (SSSR count). The molecule has 0 amide bonds. The van der Waals surface area contributed by atoms with Crippen LogP contribution >= 0.6 is 0 Å². The summed E-state index contributed by atoms with van der Waals surface area (Å²) in [5, 5.41) is 0. The standard InChI is InChI=1S/C17H20FNO2S/c1-3-14-8-10-17(11-9-14)22(20,21)19(4-2)13-15-6-5-7-16(18)12-15/h5-12H,3-4,13H2,1-2H3. The molecule has 0 bridgehead atoms. The summed E-state index contributed by atoms with van der Waals surface area (Å²) in [4.78, 5) is 0.267. The van der Waals surface area contributed by atoms with E-state index in [0.717, 1.165) is 12.0 Å². The lowest BCUT2D eigenvalue weighted by atomic mass is 10.2. The van der Waals surface area contributed by atoms with E-state index >= 15 is 0 Å². The van der Waals surface area contributed by atoms with E-state index in [1.165, 1.54) is 16.4 Å². The highest BCUT2D eigenvalue weighted by Crippen LogP contribution is 2.19. The Morgan fingerprint density at radius 2 is 1.68 bits per heavy atom. The number of hydrogen-bond donors (Lipinski definition) is 0. The van der Waals surface area contributed by atoms with Crippen molar-refractivity contribution in [2.24, 2.45) is 0 Å². The summed E-state index contributed by atoms with van der Waals surface area (Å²) in [6, 6.07) is 12.9. The Kier molecular flexibility index (Phi) is 5.32. The van der Waals surface area contributed by atoms with Crippen molar-refractivity contribution >= 4 is 10.0 Å². The molecule has 3 nitrogen and oxygen atoms in total. The molecule has 0 aliphatic carbocycles. The third-order valence-corrected chi connectivity index (χ3v) is 5.51. The molecule has 0 unspecified atom stereocenters. The molecule has 2 aromatic rings. The summed E-state index contributed by atoms with van der Waals surface area (Å²) in [5.74, 6) is -0.363. The minimum atomic E-state index is -3.58. The second-order valence-electron chi connectivity index (χ2n) is 5.06. The van der Waals surface area contributed by atoms with Gasteiger partial charge in [-0.2, -0.15) is 4.31 Å². The number of rotatable bonds is 6. The predicted octanol–water partition coefficient (Wildman–Crippen LogP) is 3.60. The van der Waals surface area contributed by atoms with Crippen molar-refractivity contribution in [3.63, 3.8) is 0 Å². The largest absolute Gasteiger partial charge is 0.243 e. The minimum absolute atomic E-state index is 0.159. The van der Waals surface area contributed by atoms with Crippen molar-refractivity contribution < 1.29 is 12.8 Å². The first-order chi connectivity index (χ1) is 10.5. The SMILES string of the molecule is CCc1ccc(S(=O)(=O)N(CC)Cc2cccc(F)c2)cc1. The van der Waals surface area contributed by atoms with E-state index in [4.69, 9.17) is 0 Å². The maximum Gasteiger partial charge on any atom is 0.243 e. The Morgan fingerprint density at radius 1 is 1.00 bits per heavy atom. The van der Waals surface area contributed by atoms with Gasteiger partial charge in [0.05, 0.1) is 4.90 Å². The molecule has 0 N–H and O–H groups in total. The van der Waals surface area contributed by atoms with E-state index in [9.17, 15) is 12.8 Å². The van der Waals surface area contributed by atoms with Gasteiger partial charge in [0, 0.05) is 13.1 Å². The number of sulfonamides is 1. The van der Waals surface area contributed by atoms with Crippen LogP contribution in [-0.4, -0.2) is 19.3 Å². The Labute approximate surface area is 131 Å². The average molecular weight is 321 g/mol. The average Bonchev–Trinajstić information content (AvgIpc) is 2.52. The van der Waals surface area contributed by atoms with E-state index in [2.05, 4.69) is 0 Å². The summed E-state index contributed by atoms with van der Waals surface area (Å²) >= 11 is 0. The minimum Gasteiger partial charge on any atom is -0.207 e. The lowest BCUT2D eigenvalue weighted by Gasteiger charge is -2.20. The highest BCUT2D eigenvalue weighted by atomic mass is 32.2. The normalized spacial score (nSPS) is 11.8. The van der Waals surface area contributed by atoms with Gasteiger partial charge in [0.2, 0.25) is 10.0 Å². The fourth-order valence-corrected chi connectivity index (χ4v) is 3.69. The van der Waals surface area contributed by atoms with Gasteiger partial charge in [-0.15, -0.1) is 0 Å². The third-order valence-electron chi connectivity index (χ3n) is 3.57. The second kappa shape index (κ2) is 7.03. The monoisotopic (exact) mass is 321 g/mol. The first-order valence-electron chi connectivity index (χ1n) is 7.31. The zero-order chi connectivity index (χ0) is 16.2. The molecule has 0 atom stereocenters. The van der Waals surface area contributed by atoms with Gasteiger partial charge < -0.3 is 0 Å². The zero-order valence-electron chi connectivity index (χ0n) is 12.8. The van der Waals surface area contributed by atoms with Crippen molar-refractivity contribution in [1.82, 2.24) is 4.31 Å². The van der Waals surface area contributed by atoms with Crippen molar-refractivity contribution in [3.8, 4) is 0 Å². The summed E-state index contributed by atoms with van der Waals surface area (Å²) in [7, 11) is -3.58. The molecule has 0 saturated carbocycles. The number of aryl methyl sites for hydroxylation is 1. The van der Waals surface area contributed by atoms with Crippen LogP contribution in [0, 0.1) is 5.82 Å². The van der Waals surface area contributed by atoms with Crippen LogP contribution in [0.25, 0.3) is 0 Å². The van der Waals surface area contributed by atoms with Crippen molar-refractivity contribution in [2.75, 3.05) is 6.54 Å². The van der Waals surface area contributed by atoms with Crippen LogP contribution in [0.1, 0.15) is 25.0 Å². The number of hydrogen-bond acceptors (Lipinski definition) is 2. The number of halogens is 1. The molecule has 5 heteroatoms. The highest BCUT2D eigenvalue weighted by Gasteiger charge is 2.23. The Morgan fingerprint density at radius 3 is 2.23 bits per heavy atom. The lowest BCUT2D eigenvalue weighted by molar-refractivity contribution is 0.422. The van der Waals surface area contributed by atoms with Crippen LogP contribution in [0.2, 0.25) is 0 Å². The fraction of sp³-hybridized carbons (Fsp3) is 0.294. The van der Waals surface area contributed by atoms with E-state index < -0.39 is 10.0 Å². The van der Waals surface area contributed by atoms with E-state index in [1.54, 1.807) is 31.2 Å². The molecule has 0 aliphatic heterocycles. The van der Waals surface area contributed by atoms with Crippen LogP contribution in [-0.2, 0) is 23.0 Å². The van der Waals surface area contributed by atoms with Crippen LogP contribution in [0.4, 0.5) is 4.39 Å². The Hall–Kier alpha value is -1.72. The predicted molar refractivity (Wildman–Crippen MR) is 85.5 cm³/mol. The van der Waals surface area contributed by atoms with E-state index in [-0.39, 0.29) is 17.3 Å². The second-order valence-corrected chi connectivity index (χ2v) is 7.00. The maximum absolute atomic E-state index is 13.3. The zero-order valence-corrected chi connectivity index (χ0v) is 13.6. The smallest absolute Gasteiger partial charge is 0.207 e. The molecule has 0 fully saturated rings. The van der Waals surface area contributed by atoms with Crippen LogP contribution in [0.15, 0.2) is 53.4 Å². The van der Waals surface area contributed by atoms with Gasteiger partial charge in [-0.25, -0.2) is 12.8 Å². The van der Waals surface area contributed by atoms with Crippen molar-refractivity contribution in [1.29, 1.82) is 0 Å². The summed E-state index contributed by atoms with van der Waals surface area (Å²) in [6.07, 6.45) is 0.862. The molecule has 2 aromatic carbocycles.